The van der Waals surface area contributed by atoms with Crippen molar-refractivity contribution in [3.63, 3.8) is 0 Å². The second kappa shape index (κ2) is 16.2. The summed E-state index contributed by atoms with van der Waals surface area (Å²) in [6.07, 6.45) is 0. The van der Waals surface area contributed by atoms with E-state index >= 15 is 0 Å². The van der Waals surface area contributed by atoms with Crippen LogP contribution in [-0.4, -0.2) is 28.2 Å². The van der Waals surface area contributed by atoms with Crippen LogP contribution in [0, 0.1) is 11.3 Å². The van der Waals surface area contributed by atoms with Gasteiger partial charge in [0, 0.05) is 71.0 Å². The summed E-state index contributed by atoms with van der Waals surface area (Å²) in [5.74, 6) is 0.628. The van der Waals surface area contributed by atoms with Crippen LogP contribution in [0.1, 0.15) is 5.56 Å². The highest BCUT2D eigenvalue weighted by atomic mass is 15.0. The molecule has 0 aliphatic heterocycles. The van der Waals surface area contributed by atoms with Gasteiger partial charge in [-0.2, -0.15) is 5.26 Å². The smallest absolute Gasteiger partial charge is 0.160 e. The van der Waals surface area contributed by atoms with E-state index in [1.165, 1.54) is 0 Å². The van der Waals surface area contributed by atoms with Gasteiger partial charge in [0.1, 0.15) is 11.6 Å². The van der Waals surface area contributed by atoms with E-state index in [9.17, 15) is 5.26 Å². The summed E-state index contributed by atoms with van der Waals surface area (Å²) in [6.45, 7) is 0. The first-order chi connectivity index (χ1) is 37.7. The van der Waals surface area contributed by atoms with Gasteiger partial charge in [0.25, 0.3) is 0 Å². The third-order valence-electron chi connectivity index (χ3n) is 15.6. The largest absolute Gasteiger partial charge is 0.309 e. The molecule has 0 bridgehead atoms. The van der Waals surface area contributed by atoms with Crippen LogP contribution in [-0.2, 0) is 0 Å². The SMILES string of the molecule is N#Cc1c(-n2c3ccccc3c3cc4c(cc32)c2ccccc2n4-c2ccccc2)cc(-c2nc(-c3ccccc3)nc3ccccc23)cc1-n1c2ccccc2c2ccc3c(c4ccccc4n3-c3ccccc3)c21. The summed E-state index contributed by atoms with van der Waals surface area (Å²) in [4.78, 5) is 10.7. The van der Waals surface area contributed by atoms with Crippen molar-refractivity contribution >= 4 is 98.1 Å². The molecule has 7 nitrogen and oxygen atoms in total. The van der Waals surface area contributed by atoms with E-state index in [1.54, 1.807) is 0 Å². The summed E-state index contributed by atoms with van der Waals surface area (Å²) in [7, 11) is 0. The van der Waals surface area contributed by atoms with Gasteiger partial charge in [0.15, 0.2) is 5.82 Å². The lowest BCUT2D eigenvalue weighted by Gasteiger charge is -2.19. The van der Waals surface area contributed by atoms with Gasteiger partial charge in [-0.25, -0.2) is 9.97 Å². The predicted molar refractivity (Wildman–Crippen MR) is 312 cm³/mol. The second-order valence-corrected chi connectivity index (χ2v) is 19.6. The monoisotopic (exact) mass is 967 g/mol. The van der Waals surface area contributed by atoms with E-state index in [-0.39, 0.29) is 0 Å². The molecule has 16 rings (SSSR count). The molecule has 16 aromatic rings. The Morgan fingerprint density at radius 2 is 0.776 bits per heavy atom. The Balaban J connectivity index is 1.09. The molecular weight excluding hydrogens is 927 g/mol. The van der Waals surface area contributed by atoms with Gasteiger partial charge >= 0.3 is 0 Å². The predicted octanol–water partition coefficient (Wildman–Crippen LogP) is 17.2. The first-order valence-electron chi connectivity index (χ1n) is 25.6. The van der Waals surface area contributed by atoms with Gasteiger partial charge in [-0.3, -0.25) is 0 Å². The highest BCUT2D eigenvalue weighted by Gasteiger charge is 2.27. The molecule has 0 aliphatic carbocycles. The van der Waals surface area contributed by atoms with Crippen LogP contribution in [0.25, 0.3) is 144 Å². The normalized spacial score (nSPS) is 11.9. The van der Waals surface area contributed by atoms with Gasteiger partial charge in [-0.15, -0.1) is 0 Å². The molecule has 5 heterocycles. The summed E-state index contributed by atoms with van der Waals surface area (Å²) < 4.78 is 9.43. The molecule has 7 heteroatoms. The lowest BCUT2D eigenvalue weighted by Crippen LogP contribution is -2.06. The molecule has 0 spiro atoms. The molecule has 0 radical (unpaired) electrons. The highest BCUT2D eigenvalue weighted by molar-refractivity contribution is 6.26. The van der Waals surface area contributed by atoms with Crippen LogP contribution in [0.5, 0.6) is 0 Å². The maximum Gasteiger partial charge on any atom is 0.160 e. The van der Waals surface area contributed by atoms with Gasteiger partial charge in [-0.1, -0.05) is 164 Å². The molecule has 11 aromatic carbocycles. The van der Waals surface area contributed by atoms with Crippen LogP contribution in [0.15, 0.2) is 249 Å². The van der Waals surface area contributed by atoms with E-state index in [4.69, 9.17) is 9.97 Å². The van der Waals surface area contributed by atoms with Crippen molar-refractivity contribution in [2.24, 2.45) is 0 Å². The Morgan fingerprint density at radius 3 is 1.39 bits per heavy atom. The molecule has 352 valence electrons. The van der Waals surface area contributed by atoms with Crippen molar-refractivity contribution in [1.29, 1.82) is 5.26 Å². The molecule has 76 heavy (non-hydrogen) atoms. The van der Waals surface area contributed by atoms with E-state index in [2.05, 4.69) is 249 Å². The van der Waals surface area contributed by atoms with E-state index < -0.39 is 0 Å². The molecule has 0 saturated carbocycles. The summed E-state index contributed by atoms with van der Waals surface area (Å²) in [5.41, 5.74) is 16.0. The zero-order valence-electron chi connectivity index (χ0n) is 40.8. The fraction of sp³-hybridized carbons (Fsp3) is 0. The lowest BCUT2D eigenvalue weighted by molar-refractivity contribution is 1.12. The van der Waals surface area contributed by atoms with Gasteiger partial charge in [-0.05, 0) is 84.9 Å². The van der Waals surface area contributed by atoms with E-state index in [1.807, 2.05) is 24.3 Å². The Morgan fingerprint density at radius 1 is 0.316 bits per heavy atom. The van der Waals surface area contributed by atoms with Crippen molar-refractivity contribution in [1.82, 2.24) is 28.2 Å². The minimum Gasteiger partial charge on any atom is -0.309 e. The zero-order valence-corrected chi connectivity index (χ0v) is 40.8. The number of aromatic nitrogens is 6. The maximum absolute atomic E-state index is 12.2. The van der Waals surface area contributed by atoms with Crippen molar-refractivity contribution in [3.05, 3.63) is 254 Å². The third kappa shape index (κ3) is 5.98. The number of fused-ring (bicyclic) bond motifs is 14. The number of hydrogen-bond donors (Lipinski definition) is 0. The molecule has 0 N–H and O–H groups in total. The summed E-state index contributed by atoms with van der Waals surface area (Å²) >= 11 is 0. The third-order valence-corrected chi connectivity index (χ3v) is 15.6. The van der Waals surface area contributed by atoms with Crippen LogP contribution in [0.3, 0.4) is 0 Å². The van der Waals surface area contributed by atoms with Gasteiger partial charge in [0.05, 0.1) is 66.7 Å². The molecule has 0 amide bonds. The number of benzene rings is 11. The Kier molecular flexibility index (Phi) is 8.97. The average molecular weight is 968 g/mol. The van der Waals surface area contributed by atoms with Gasteiger partial charge in [0.2, 0.25) is 0 Å². The fourth-order valence-electron chi connectivity index (χ4n) is 12.4. The zero-order chi connectivity index (χ0) is 50.0. The maximum atomic E-state index is 12.2. The Labute approximate surface area is 435 Å². The Hall–Kier alpha value is -10.6. The van der Waals surface area contributed by atoms with Crippen molar-refractivity contribution in [2.45, 2.75) is 0 Å². The molecule has 0 unspecified atom stereocenters. The van der Waals surface area contributed by atoms with E-state index in [0.29, 0.717) is 11.4 Å². The number of rotatable bonds is 6. The van der Waals surface area contributed by atoms with Crippen molar-refractivity contribution < 1.29 is 0 Å². The van der Waals surface area contributed by atoms with Crippen LogP contribution < -0.4 is 0 Å². The summed E-state index contributed by atoms with van der Waals surface area (Å²) in [5, 5.41) is 22.0. The Bertz CT molecular complexity index is 5110. The van der Waals surface area contributed by atoms with Crippen LogP contribution in [0.2, 0.25) is 0 Å². The topological polar surface area (TPSA) is 69.3 Å². The number of nitriles is 1. The average Bonchev–Trinajstić information content (AvgIpc) is 4.25. The van der Waals surface area contributed by atoms with Crippen molar-refractivity contribution in [3.8, 4) is 51.5 Å². The fourth-order valence-corrected chi connectivity index (χ4v) is 12.4. The first kappa shape index (κ1) is 42.0. The standard InChI is InChI=1S/C69H41N7/c70-42-55-62(75-58-33-17-13-28-49(58)54-40-64-53(41-65(54)75)48-27-12-16-32-57(48)74(64)46-24-8-3-9-25-46)38-44(67-51-29-10-15-31-56(51)71-69(72-67)43-20-4-1-5-21-43)39-63(55)76-59-34-18-11-26-47(59)50-36-37-61-66(68(50)76)52-30-14-19-35-60(52)73(61)45-22-6-2-7-23-45/h1-41H. The summed E-state index contributed by atoms with van der Waals surface area (Å²) in [6, 6.07) is 90.7. The first-order valence-corrected chi connectivity index (χ1v) is 25.6. The lowest BCUT2D eigenvalue weighted by atomic mass is 10.00. The van der Waals surface area contributed by atoms with E-state index in [0.717, 1.165) is 138 Å². The molecular formula is C69H41N7. The van der Waals surface area contributed by atoms with Gasteiger partial charge < -0.3 is 18.3 Å². The van der Waals surface area contributed by atoms with Crippen molar-refractivity contribution in [2.75, 3.05) is 0 Å². The second-order valence-electron chi connectivity index (χ2n) is 19.6. The van der Waals surface area contributed by atoms with Crippen LogP contribution in [0.4, 0.5) is 0 Å². The highest BCUT2D eigenvalue weighted by Crippen LogP contribution is 2.46. The van der Waals surface area contributed by atoms with Crippen LogP contribution >= 0.6 is 0 Å². The quantitative estimate of drug-likeness (QED) is 0.167. The molecule has 0 atom stereocenters. The minimum atomic E-state index is 0.534. The molecule has 5 aromatic heterocycles. The minimum absolute atomic E-state index is 0.534. The number of hydrogen-bond acceptors (Lipinski definition) is 3. The molecule has 0 saturated heterocycles. The number of para-hydroxylation sites is 7. The number of nitrogens with zero attached hydrogens (tertiary/aromatic N) is 7. The molecule has 0 fully saturated rings. The molecule has 0 aliphatic rings.